The van der Waals surface area contributed by atoms with E-state index in [2.05, 4.69) is 16.3 Å². The number of piperidine rings is 1. The first kappa shape index (κ1) is 9.97. The molecule has 0 amide bonds. The molecule has 78 valence electrons. The van der Waals surface area contributed by atoms with E-state index in [0.29, 0.717) is 12.6 Å². The number of nitrogens with one attached hydrogen (secondary N) is 1. The summed E-state index contributed by atoms with van der Waals surface area (Å²) >= 11 is 0. The molecule has 0 saturated carbocycles. The molecule has 2 saturated heterocycles. The summed E-state index contributed by atoms with van der Waals surface area (Å²) in [5.41, 5.74) is 3.07. The van der Waals surface area contributed by atoms with Crippen molar-refractivity contribution in [3.05, 3.63) is 0 Å². The molecule has 0 bridgehead atoms. The highest BCUT2D eigenvalue weighted by molar-refractivity contribution is 4.88. The molecule has 2 unspecified atom stereocenters. The Labute approximate surface area is 85.8 Å². The second-order valence-corrected chi connectivity index (χ2v) is 4.16. The maximum absolute atomic E-state index is 5.17. The Kier molecular flexibility index (Phi) is 3.41. The molecule has 2 aliphatic rings. The number of hydrogen-bond acceptors (Lipinski definition) is 3. The summed E-state index contributed by atoms with van der Waals surface area (Å²) < 4.78 is 0. The molecule has 14 heavy (non-hydrogen) atoms. The van der Waals surface area contributed by atoms with Crippen molar-refractivity contribution in [3.8, 4) is 12.3 Å². The van der Waals surface area contributed by atoms with Gasteiger partial charge in [-0.2, -0.15) is 5.48 Å². The van der Waals surface area contributed by atoms with Crippen LogP contribution in [0.5, 0.6) is 0 Å². The average Bonchev–Trinajstić information content (AvgIpc) is 2.65. The molecule has 2 aliphatic heterocycles. The van der Waals surface area contributed by atoms with E-state index in [4.69, 9.17) is 11.3 Å². The summed E-state index contributed by atoms with van der Waals surface area (Å²) in [6, 6.07) is 1.29. The summed E-state index contributed by atoms with van der Waals surface area (Å²) in [6.07, 6.45) is 10.2. The molecule has 3 nitrogen and oxygen atoms in total. The lowest BCUT2D eigenvalue weighted by Gasteiger charge is -2.34. The number of hydroxylamine groups is 1. The number of hydrogen-bond donors (Lipinski definition) is 1. The van der Waals surface area contributed by atoms with Gasteiger partial charge in [0.1, 0.15) is 6.61 Å². The molecule has 0 aromatic carbocycles. The minimum Gasteiger partial charge on any atom is -0.300 e. The molecule has 0 aromatic rings. The fraction of sp³-hybridized carbons (Fsp3) is 0.818. The molecule has 2 fully saturated rings. The third-order valence-corrected chi connectivity index (χ3v) is 3.23. The van der Waals surface area contributed by atoms with Gasteiger partial charge in [-0.25, -0.2) is 0 Å². The first-order chi connectivity index (χ1) is 6.90. The van der Waals surface area contributed by atoms with E-state index in [9.17, 15) is 0 Å². The SMILES string of the molecule is C#CCONC1CCN2CCCC2C1. The van der Waals surface area contributed by atoms with Gasteiger partial charge in [0.25, 0.3) is 0 Å². The van der Waals surface area contributed by atoms with Crippen molar-refractivity contribution < 1.29 is 4.84 Å². The first-order valence-corrected chi connectivity index (χ1v) is 5.45. The summed E-state index contributed by atoms with van der Waals surface area (Å²) in [6.45, 7) is 2.87. The maximum Gasteiger partial charge on any atom is 0.128 e. The van der Waals surface area contributed by atoms with Crippen LogP contribution in [-0.4, -0.2) is 36.7 Å². The van der Waals surface area contributed by atoms with Crippen LogP contribution in [0.15, 0.2) is 0 Å². The van der Waals surface area contributed by atoms with Crippen LogP contribution in [0.4, 0.5) is 0 Å². The van der Waals surface area contributed by atoms with Crippen molar-refractivity contribution in [1.29, 1.82) is 0 Å². The molecule has 0 aliphatic carbocycles. The van der Waals surface area contributed by atoms with E-state index < -0.39 is 0 Å². The quantitative estimate of drug-likeness (QED) is 0.408. The molecule has 2 heterocycles. The molecule has 0 radical (unpaired) electrons. The molecule has 0 spiro atoms. The number of fused-ring (bicyclic) bond motifs is 1. The van der Waals surface area contributed by atoms with Crippen molar-refractivity contribution >= 4 is 0 Å². The van der Waals surface area contributed by atoms with Crippen LogP contribution in [0.2, 0.25) is 0 Å². The fourth-order valence-electron chi connectivity index (χ4n) is 2.53. The Hall–Kier alpha value is -0.560. The van der Waals surface area contributed by atoms with Crippen LogP contribution in [0.25, 0.3) is 0 Å². The number of rotatable bonds is 3. The predicted molar refractivity (Wildman–Crippen MR) is 55.5 cm³/mol. The van der Waals surface area contributed by atoms with Gasteiger partial charge in [-0.1, -0.05) is 5.92 Å². The van der Waals surface area contributed by atoms with Gasteiger partial charge in [0.2, 0.25) is 0 Å². The van der Waals surface area contributed by atoms with Gasteiger partial charge < -0.3 is 4.90 Å². The van der Waals surface area contributed by atoms with E-state index in [-0.39, 0.29) is 0 Å². The zero-order valence-corrected chi connectivity index (χ0v) is 8.54. The smallest absolute Gasteiger partial charge is 0.128 e. The lowest BCUT2D eigenvalue weighted by Crippen LogP contribution is -2.45. The van der Waals surface area contributed by atoms with Crippen LogP contribution in [0.1, 0.15) is 25.7 Å². The van der Waals surface area contributed by atoms with Gasteiger partial charge in [0.15, 0.2) is 0 Å². The highest BCUT2D eigenvalue weighted by Gasteiger charge is 2.31. The molecule has 2 atom stereocenters. The molecule has 0 aromatic heterocycles. The zero-order valence-electron chi connectivity index (χ0n) is 8.54. The first-order valence-electron chi connectivity index (χ1n) is 5.45. The van der Waals surface area contributed by atoms with E-state index in [1.807, 2.05) is 0 Å². The topological polar surface area (TPSA) is 24.5 Å². The average molecular weight is 194 g/mol. The lowest BCUT2D eigenvalue weighted by atomic mass is 9.98. The summed E-state index contributed by atoms with van der Waals surface area (Å²) in [7, 11) is 0. The largest absolute Gasteiger partial charge is 0.300 e. The predicted octanol–water partition coefficient (Wildman–Crippen LogP) is 0.768. The van der Waals surface area contributed by atoms with E-state index >= 15 is 0 Å². The highest BCUT2D eigenvalue weighted by Crippen LogP contribution is 2.26. The van der Waals surface area contributed by atoms with E-state index in [0.717, 1.165) is 6.04 Å². The second kappa shape index (κ2) is 4.79. The van der Waals surface area contributed by atoms with Gasteiger partial charge in [-0.3, -0.25) is 4.84 Å². The van der Waals surface area contributed by atoms with Gasteiger partial charge in [0, 0.05) is 12.1 Å². The Morgan fingerprint density at radius 3 is 3.21 bits per heavy atom. The lowest BCUT2D eigenvalue weighted by molar-refractivity contribution is 0.0110. The number of terminal acetylenes is 1. The van der Waals surface area contributed by atoms with E-state index in [1.54, 1.807) is 0 Å². The van der Waals surface area contributed by atoms with Crippen molar-refractivity contribution in [1.82, 2.24) is 10.4 Å². The van der Waals surface area contributed by atoms with Crippen LogP contribution in [0.3, 0.4) is 0 Å². The Balaban J connectivity index is 1.72. The molecule has 3 heteroatoms. The normalized spacial score (nSPS) is 32.5. The molecule has 1 N–H and O–H groups in total. The van der Waals surface area contributed by atoms with Crippen molar-refractivity contribution in [2.24, 2.45) is 0 Å². The summed E-state index contributed by atoms with van der Waals surface area (Å²) in [4.78, 5) is 7.76. The molecule has 2 rings (SSSR count). The Morgan fingerprint density at radius 1 is 1.43 bits per heavy atom. The minimum absolute atomic E-state index is 0.366. The third-order valence-electron chi connectivity index (χ3n) is 3.23. The highest BCUT2D eigenvalue weighted by atomic mass is 16.6. The van der Waals surface area contributed by atoms with E-state index in [1.165, 1.54) is 38.8 Å². The Bertz CT molecular complexity index is 224. The van der Waals surface area contributed by atoms with Crippen LogP contribution in [-0.2, 0) is 4.84 Å². The summed E-state index contributed by atoms with van der Waals surface area (Å²) in [5, 5.41) is 0. The fourth-order valence-corrected chi connectivity index (χ4v) is 2.53. The van der Waals surface area contributed by atoms with Crippen LogP contribution in [0, 0.1) is 12.3 Å². The van der Waals surface area contributed by atoms with Gasteiger partial charge in [0.05, 0.1) is 0 Å². The van der Waals surface area contributed by atoms with Crippen molar-refractivity contribution in [2.75, 3.05) is 19.7 Å². The molecular weight excluding hydrogens is 176 g/mol. The van der Waals surface area contributed by atoms with Gasteiger partial charge in [-0.15, -0.1) is 6.42 Å². The second-order valence-electron chi connectivity index (χ2n) is 4.16. The van der Waals surface area contributed by atoms with Gasteiger partial charge >= 0.3 is 0 Å². The molecular formula is C11H18N2O. The maximum atomic E-state index is 5.17. The Morgan fingerprint density at radius 2 is 2.36 bits per heavy atom. The van der Waals surface area contributed by atoms with Crippen molar-refractivity contribution in [3.63, 3.8) is 0 Å². The minimum atomic E-state index is 0.366. The standard InChI is InChI=1S/C11H18N2O/c1-2-8-14-12-10-5-7-13-6-3-4-11(13)9-10/h1,10-12H,3-9H2. The van der Waals surface area contributed by atoms with Crippen LogP contribution >= 0.6 is 0 Å². The number of nitrogens with zero attached hydrogens (tertiary/aromatic N) is 1. The summed E-state index contributed by atoms with van der Waals surface area (Å²) in [5.74, 6) is 2.46. The van der Waals surface area contributed by atoms with Gasteiger partial charge in [-0.05, 0) is 38.8 Å². The van der Waals surface area contributed by atoms with Crippen LogP contribution < -0.4 is 5.48 Å². The third kappa shape index (κ3) is 2.27. The monoisotopic (exact) mass is 194 g/mol. The van der Waals surface area contributed by atoms with Crippen molar-refractivity contribution in [2.45, 2.75) is 37.8 Å². The zero-order chi connectivity index (χ0) is 9.80.